The first-order chi connectivity index (χ1) is 9.04. The number of ether oxygens (including phenoxy) is 1. The maximum Gasteiger partial charge on any atom is 0.307 e. The summed E-state index contributed by atoms with van der Waals surface area (Å²) < 4.78 is 19.1. The molecule has 4 nitrogen and oxygen atoms in total. The number of benzene rings is 2. The molecule has 0 saturated heterocycles. The van der Waals surface area contributed by atoms with Crippen molar-refractivity contribution in [2.75, 3.05) is 5.73 Å². The average Bonchev–Trinajstić information content (AvgIpc) is 2.34. The molecule has 0 saturated carbocycles. The Bertz CT molecular complexity index is 596. The van der Waals surface area contributed by atoms with Crippen LogP contribution in [0.1, 0.15) is 5.56 Å². The van der Waals surface area contributed by atoms with E-state index in [0.717, 1.165) is 6.07 Å². The lowest BCUT2D eigenvalue weighted by molar-refractivity contribution is -0.136. The van der Waals surface area contributed by atoms with Crippen molar-refractivity contribution in [3.8, 4) is 11.5 Å². The maximum atomic E-state index is 13.7. The molecular formula is C14H12FNO3. The molecule has 0 spiro atoms. The van der Waals surface area contributed by atoms with Gasteiger partial charge in [0, 0.05) is 5.69 Å². The van der Waals surface area contributed by atoms with Crippen molar-refractivity contribution in [3.63, 3.8) is 0 Å². The van der Waals surface area contributed by atoms with E-state index in [1.165, 1.54) is 12.1 Å². The third-order valence-electron chi connectivity index (χ3n) is 2.46. The van der Waals surface area contributed by atoms with E-state index < -0.39 is 11.8 Å². The van der Waals surface area contributed by atoms with Gasteiger partial charge in [0.2, 0.25) is 0 Å². The van der Waals surface area contributed by atoms with E-state index >= 15 is 0 Å². The number of aliphatic carboxylic acids is 1. The van der Waals surface area contributed by atoms with Crippen molar-refractivity contribution in [1.82, 2.24) is 0 Å². The van der Waals surface area contributed by atoms with Crippen LogP contribution in [-0.4, -0.2) is 11.1 Å². The van der Waals surface area contributed by atoms with Crippen LogP contribution < -0.4 is 10.5 Å². The van der Waals surface area contributed by atoms with Crippen LogP contribution >= 0.6 is 0 Å². The topological polar surface area (TPSA) is 72.5 Å². The van der Waals surface area contributed by atoms with Crippen molar-refractivity contribution < 1.29 is 19.0 Å². The number of carboxylic acid groups (broad SMARTS) is 1. The van der Waals surface area contributed by atoms with Gasteiger partial charge in [-0.05, 0) is 42.0 Å². The number of halogens is 1. The highest BCUT2D eigenvalue weighted by molar-refractivity contribution is 5.70. The van der Waals surface area contributed by atoms with Gasteiger partial charge in [-0.25, -0.2) is 4.39 Å². The Morgan fingerprint density at radius 2 is 1.89 bits per heavy atom. The molecule has 3 N–H and O–H groups in total. The second kappa shape index (κ2) is 5.39. The Labute approximate surface area is 109 Å². The van der Waals surface area contributed by atoms with Gasteiger partial charge in [0.05, 0.1) is 6.42 Å². The normalized spacial score (nSPS) is 10.2. The Morgan fingerprint density at radius 1 is 1.21 bits per heavy atom. The SMILES string of the molecule is Nc1ccc(Oc2ccc(CC(=O)O)cc2F)cc1. The minimum atomic E-state index is -1.01. The van der Waals surface area contributed by atoms with Crippen molar-refractivity contribution in [2.45, 2.75) is 6.42 Å². The summed E-state index contributed by atoms with van der Waals surface area (Å²) in [5.41, 5.74) is 6.50. The molecule has 0 aromatic heterocycles. The first-order valence-corrected chi connectivity index (χ1v) is 5.58. The number of nitrogen functional groups attached to an aromatic ring is 1. The summed E-state index contributed by atoms with van der Waals surface area (Å²) in [5, 5.41) is 8.62. The summed E-state index contributed by atoms with van der Waals surface area (Å²) in [7, 11) is 0. The molecule has 0 amide bonds. The Morgan fingerprint density at radius 3 is 2.47 bits per heavy atom. The smallest absolute Gasteiger partial charge is 0.307 e. The van der Waals surface area contributed by atoms with Gasteiger partial charge in [-0.3, -0.25) is 4.79 Å². The summed E-state index contributed by atoms with van der Waals surface area (Å²) >= 11 is 0. The monoisotopic (exact) mass is 261 g/mol. The summed E-state index contributed by atoms with van der Waals surface area (Å²) in [4.78, 5) is 10.5. The minimum Gasteiger partial charge on any atom is -0.481 e. The van der Waals surface area contributed by atoms with Gasteiger partial charge in [-0.15, -0.1) is 0 Å². The average molecular weight is 261 g/mol. The molecule has 0 unspecified atom stereocenters. The predicted octanol–water partition coefficient (Wildman–Crippen LogP) is 2.83. The molecule has 0 fully saturated rings. The summed E-state index contributed by atoms with van der Waals surface area (Å²) in [6.07, 6.45) is -0.223. The Kier molecular flexibility index (Phi) is 3.66. The van der Waals surface area contributed by atoms with Crippen LogP contribution in [0.3, 0.4) is 0 Å². The maximum absolute atomic E-state index is 13.7. The van der Waals surface area contributed by atoms with E-state index in [1.807, 2.05) is 0 Å². The standard InChI is InChI=1S/C14H12FNO3/c15-12-7-9(8-14(17)18)1-6-13(12)19-11-4-2-10(16)3-5-11/h1-7H,8,16H2,(H,17,18). The van der Waals surface area contributed by atoms with Crippen molar-refractivity contribution in [3.05, 3.63) is 53.8 Å². The lowest BCUT2D eigenvalue weighted by Crippen LogP contribution is -2.00. The van der Waals surface area contributed by atoms with Crippen molar-refractivity contribution in [2.24, 2.45) is 0 Å². The number of anilines is 1. The largest absolute Gasteiger partial charge is 0.481 e. The molecule has 0 heterocycles. The van der Waals surface area contributed by atoms with Gasteiger partial charge in [-0.1, -0.05) is 6.07 Å². The van der Waals surface area contributed by atoms with Crippen molar-refractivity contribution in [1.29, 1.82) is 0 Å². The number of rotatable bonds is 4. The molecule has 2 aromatic rings. The van der Waals surface area contributed by atoms with E-state index in [9.17, 15) is 9.18 Å². The second-order valence-corrected chi connectivity index (χ2v) is 4.01. The zero-order chi connectivity index (χ0) is 13.8. The molecule has 98 valence electrons. The summed E-state index contributed by atoms with van der Waals surface area (Å²) in [6, 6.07) is 10.6. The van der Waals surface area contributed by atoms with E-state index in [0.29, 0.717) is 17.0 Å². The molecule has 19 heavy (non-hydrogen) atoms. The fourth-order valence-corrected chi connectivity index (χ4v) is 1.57. The van der Waals surface area contributed by atoms with Gasteiger partial charge in [0.15, 0.2) is 11.6 Å². The van der Waals surface area contributed by atoms with Gasteiger partial charge < -0.3 is 15.6 Å². The van der Waals surface area contributed by atoms with Crippen LogP contribution in [0.15, 0.2) is 42.5 Å². The van der Waals surface area contributed by atoms with Gasteiger partial charge in [-0.2, -0.15) is 0 Å². The molecular weight excluding hydrogens is 249 g/mol. The lowest BCUT2D eigenvalue weighted by atomic mass is 10.1. The van der Waals surface area contributed by atoms with E-state index in [2.05, 4.69) is 0 Å². The van der Waals surface area contributed by atoms with Crippen LogP contribution in [-0.2, 0) is 11.2 Å². The second-order valence-electron chi connectivity index (χ2n) is 4.01. The highest BCUT2D eigenvalue weighted by Gasteiger charge is 2.08. The zero-order valence-corrected chi connectivity index (χ0v) is 9.97. The molecule has 0 aliphatic carbocycles. The third kappa shape index (κ3) is 3.45. The fourth-order valence-electron chi connectivity index (χ4n) is 1.57. The van der Waals surface area contributed by atoms with Gasteiger partial charge in [0.1, 0.15) is 5.75 Å². The Balaban J connectivity index is 2.17. The van der Waals surface area contributed by atoms with Crippen LogP contribution in [0.25, 0.3) is 0 Å². The lowest BCUT2D eigenvalue weighted by Gasteiger charge is -2.08. The highest BCUT2D eigenvalue weighted by atomic mass is 19.1. The summed E-state index contributed by atoms with van der Waals surface area (Å²) in [6.45, 7) is 0. The number of hydrogen-bond donors (Lipinski definition) is 2. The van der Waals surface area contributed by atoms with E-state index in [-0.39, 0.29) is 12.2 Å². The predicted molar refractivity (Wildman–Crippen MR) is 68.7 cm³/mol. The highest BCUT2D eigenvalue weighted by Crippen LogP contribution is 2.25. The molecule has 0 radical (unpaired) electrons. The number of nitrogens with two attached hydrogens (primary N) is 1. The van der Waals surface area contributed by atoms with Crippen molar-refractivity contribution >= 4 is 11.7 Å². The van der Waals surface area contributed by atoms with Gasteiger partial charge in [0.25, 0.3) is 0 Å². The van der Waals surface area contributed by atoms with Crippen LogP contribution in [0.5, 0.6) is 11.5 Å². The minimum absolute atomic E-state index is 0.0407. The molecule has 0 aliphatic rings. The molecule has 0 bridgehead atoms. The molecule has 0 atom stereocenters. The first-order valence-electron chi connectivity index (χ1n) is 5.58. The fraction of sp³-hybridized carbons (Fsp3) is 0.0714. The summed E-state index contributed by atoms with van der Waals surface area (Å²) in [5.74, 6) is -1.11. The zero-order valence-electron chi connectivity index (χ0n) is 9.97. The number of carboxylic acids is 1. The van der Waals surface area contributed by atoms with Crippen LogP contribution in [0, 0.1) is 5.82 Å². The van der Waals surface area contributed by atoms with E-state index in [1.54, 1.807) is 24.3 Å². The van der Waals surface area contributed by atoms with Crippen LogP contribution in [0.2, 0.25) is 0 Å². The van der Waals surface area contributed by atoms with Crippen LogP contribution in [0.4, 0.5) is 10.1 Å². The van der Waals surface area contributed by atoms with E-state index in [4.69, 9.17) is 15.6 Å². The molecule has 2 aromatic carbocycles. The third-order valence-corrected chi connectivity index (χ3v) is 2.46. The Hall–Kier alpha value is -2.56. The molecule has 5 heteroatoms. The number of carbonyl (C=O) groups is 1. The molecule has 0 aliphatic heterocycles. The van der Waals surface area contributed by atoms with Gasteiger partial charge >= 0.3 is 5.97 Å². The first kappa shape index (κ1) is 12.9. The quantitative estimate of drug-likeness (QED) is 0.830. The number of hydrogen-bond acceptors (Lipinski definition) is 3. The molecule has 2 rings (SSSR count).